The van der Waals surface area contributed by atoms with Gasteiger partial charge in [0.1, 0.15) is 11.5 Å². The van der Waals surface area contributed by atoms with E-state index < -0.39 is 0 Å². The van der Waals surface area contributed by atoms with Crippen LogP contribution in [0.5, 0.6) is 0 Å². The molecule has 0 bridgehead atoms. The molecule has 6 rings (SSSR count). The van der Waals surface area contributed by atoms with Crippen molar-refractivity contribution in [3.63, 3.8) is 0 Å². The number of rotatable bonds is 5. The van der Waals surface area contributed by atoms with Crippen LogP contribution in [0.4, 0.5) is 0 Å². The molecular weight excluding hydrogens is 432 g/mol. The summed E-state index contributed by atoms with van der Waals surface area (Å²) in [4.78, 5) is 2.33. The van der Waals surface area contributed by atoms with Gasteiger partial charge >= 0.3 is 0 Å². The van der Waals surface area contributed by atoms with Gasteiger partial charge in [-0.05, 0) is 12.1 Å². The van der Waals surface area contributed by atoms with Gasteiger partial charge in [0, 0.05) is 42.5 Å². The van der Waals surface area contributed by atoms with Gasteiger partial charge in [0.2, 0.25) is 0 Å². The number of furan rings is 2. The predicted octanol–water partition coefficient (Wildman–Crippen LogP) is 9.31. The van der Waals surface area contributed by atoms with E-state index in [4.69, 9.17) is 8.83 Å². The largest absolute Gasteiger partial charge is 0.463 e. The van der Waals surface area contributed by atoms with Gasteiger partial charge in [-0.25, -0.2) is 0 Å². The Morgan fingerprint density at radius 3 is 1.34 bits per heavy atom. The van der Waals surface area contributed by atoms with E-state index in [2.05, 4.69) is 84.9 Å². The molecule has 4 aromatic carbocycles. The van der Waals surface area contributed by atoms with Gasteiger partial charge in [0.05, 0.1) is 12.5 Å². The van der Waals surface area contributed by atoms with E-state index in [1.807, 2.05) is 24.7 Å². The van der Waals surface area contributed by atoms with Crippen LogP contribution >= 0.6 is 21.6 Å². The van der Waals surface area contributed by atoms with E-state index in [1.165, 1.54) is 0 Å². The van der Waals surface area contributed by atoms with Crippen LogP contribution in [0.25, 0.3) is 44.2 Å². The van der Waals surface area contributed by atoms with Gasteiger partial charge in [-0.3, -0.25) is 0 Å². The van der Waals surface area contributed by atoms with Gasteiger partial charge in [0.15, 0.2) is 0 Å². The fourth-order valence-electron chi connectivity index (χ4n) is 3.95. The summed E-state index contributed by atoms with van der Waals surface area (Å²) >= 11 is 0. The van der Waals surface area contributed by atoms with Crippen molar-refractivity contribution in [1.29, 1.82) is 0 Å². The highest BCUT2D eigenvalue weighted by molar-refractivity contribution is 8.76. The average Bonchev–Trinajstić information content (AvgIpc) is 3.48. The molecule has 6 aromatic rings. The monoisotopic (exact) mass is 450 g/mol. The molecule has 0 amide bonds. The molecule has 0 N–H and O–H groups in total. The van der Waals surface area contributed by atoms with E-state index >= 15 is 0 Å². The molecule has 0 spiro atoms. The lowest BCUT2D eigenvalue weighted by Gasteiger charge is -2.10. The highest BCUT2D eigenvalue weighted by Gasteiger charge is 2.16. The summed E-state index contributed by atoms with van der Waals surface area (Å²) < 4.78 is 12.0. The molecule has 0 radical (unpaired) electrons. The number of benzene rings is 4. The smallest absolute Gasteiger partial charge is 0.142 e. The predicted molar refractivity (Wildman–Crippen MR) is 135 cm³/mol. The summed E-state index contributed by atoms with van der Waals surface area (Å²) in [5, 5.41) is 4.50. The van der Waals surface area contributed by atoms with Crippen LogP contribution in [0.15, 0.2) is 128 Å². The first kappa shape index (κ1) is 19.4. The van der Waals surface area contributed by atoms with Crippen LogP contribution in [0.2, 0.25) is 0 Å². The first-order valence-electron chi connectivity index (χ1n) is 10.3. The summed E-state index contributed by atoms with van der Waals surface area (Å²) in [5.41, 5.74) is 2.21. The first-order valence-corrected chi connectivity index (χ1v) is 12.5. The molecule has 2 aromatic heterocycles. The van der Waals surface area contributed by atoms with Crippen molar-refractivity contribution in [2.45, 2.75) is 9.79 Å². The molecule has 32 heavy (non-hydrogen) atoms. The Kier molecular flexibility index (Phi) is 5.02. The molecule has 4 heteroatoms. The van der Waals surface area contributed by atoms with Crippen molar-refractivity contribution in [2.75, 3.05) is 0 Å². The SMILES string of the molecule is c1ccc(-c2occ3ccccc23)c(SSc2ccccc2-c2occ3ccccc23)c1. The van der Waals surface area contributed by atoms with Crippen molar-refractivity contribution < 1.29 is 8.83 Å². The number of fused-ring (bicyclic) bond motifs is 2. The molecule has 0 aliphatic heterocycles. The zero-order valence-corrected chi connectivity index (χ0v) is 18.7. The van der Waals surface area contributed by atoms with E-state index in [9.17, 15) is 0 Å². The molecule has 2 nitrogen and oxygen atoms in total. The first-order chi connectivity index (χ1) is 15.9. The molecule has 0 saturated heterocycles. The van der Waals surface area contributed by atoms with Gasteiger partial charge in [0.25, 0.3) is 0 Å². The van der Waals surface area contributed by atoms with Crippen LogP contribution in [0.3, 0.4) is 0 Å². The minimum absolute atomic E-state index is 0.912. The lowest BCUT2D eigenvalue weighted by molar-refractivity contribution is 0.585. The van der Waals surface area contributed by atoms with Gasteiger partial charge in [-0.2, -0.15) is 0 Å². The van der Waals surface area contributed by atoms with Crippen LogP contribution in [-0.2, 0) is 0 Å². The fraction of sp³-hybridized carbons (Fsp3) is 0. The standard InChI is InChI=1S/C28H18O2S2/c1-3-11-21-19(9-1)17-29-27(21)23-13-5-7-15-25(23)31-32-26-16-8-6-14-24(26)28-22-12-4-2-10-20(22)18-30-28/h1-18H. The number of hydrogen-bond donors (Lipinski definition) is 0. The second kappa shape index (κ2) is 8.30. The second-order valence-electron chi connectivity index (χ2n) is 7.46. The molecule has 0 fully saturated rings. The Morgan fingerprint density at radius 1 is 0.438 bits per heavy atom. The van der Waals surface area contributed by atoms with Crippen LogP contribution in [0, 0.1) is 0 Å². The second-order valence-corrected chi connectivity index (χ2v) is 9.68. The van der Waals surface area contributed by atoms with Gasteiger partial charge in [-0.15, -0.1) is 0 Å². The van der Waals surface area contributed by atoms with Crippen molar-refractivity contribution in [3.05, 3.63) is 110 Å². The minimum Gasteiger partial charge on any atom is -0.463 e. The van der Waals surface area contributed by atoms with Crippen LogP contribution in [-0.4, -0.2) is 0 Å². The quantitative estimate of drug-likeness (QED) is 0.244. The van der Waals surface area contributed by atoms with Crippen molar-refractivity contribution in [3.8, 4) is 22.6 Å². The number of hydrogen-bond acceptors (Lipinski definition) is 4. The summed E-state index contributed by atoms with van der Waals surface area (Å²) in [7, 11) is 3.48. The minimum atomic E-state index is 0.912. The van der Waals surface area contributed by atoms with Crippen LogP contribution < -0.4 is 0 Å². The molecule has 0 aliphatic rings. The zero-order valence-electron chi connectivity index (χ0n) is 17.0. The molecule has 0 unspecified atom stereocenters. The maximum atomic E-state index is 5.99. The lowest BCUT2D eigenvalue weighted by Crippen LogP contribution is -1.82. The van der Waals surface area contributed by atoms with E-state index in [-0.39, 0.29) is 0 Å². The van der Waals surface area contributed by atoms with E-state index in [1.54, 1.807) is 21.6 Å². The van der Waals surface area contributed by atoms with Crippen LogP contribution in [0.1, 0.15) is 0 Å². The summed E-state index contributed by atoms with van der Waals surface area (Å²) in [5.74, 6) is 1.82. The zero-order chi connectivity index (χ0) is 21.3. The van der Waals surface area contributed by atoms with Gasteiger partial charge < -0.3 is 8.83 Å². The molecule has 2 heterocycles. The maximum absolute atomic E-state index is 5.99. The Bertz CT molecular complexity index is 1430. The molecule has 0 aliphatic carbocycles. The Labute approximate surface area is 193 Å². The van der Waals surface area contributed by atoms with E-state index in [0.29, 0.717) is 0 Å². The fourth-order valence-corrected chi connectivity index (χ4v) is 6.31. The van der Waals surface area contributed by atoms with E-state index in [0.717, 1.165) is 54.0 Å². The Morgan fingerprint density at radius 2 is 0.844 bits per heavy atom. The third-order valence-electron chi connectivity index (χ3n) is 5.50. The Balaban J connectivity index is 1.36. The molecular formula is C28H18O2S2. The highest BCUT2D eigenvalue weighted by Crippen LogP contribution is 2.47. The Hall–Kier alpha value is -3.34. The molecule has 154 valence electrons. The van der Waals surface area contributed by atoms with Crippen molar-refractivity contribution >= 4 is 43.1 Å². The van der Waals surface area contributed by atoms with Crippen molar-refractivity contribution in [1.82, 2.24) is 0 Å². The highest BCUT2D eigenvalue weighted by atomic mass is 33.1. The van der Waals surface area contributed by atoms with Crippen molar-refractivity contribution in [2.24, 2.45) is 0 Å². The third kappa shape index (κ3) is 3.42. The maximum Gasteiger partial charge on any atom is 0.142 e. The average molecular weight is 451 g/mol. The molecule has 0 atom stereocenters. The lowest BCUT2D eigenvalue weighted by atomic mass is 10.1. The third-order valence-corrected chi connectivity index (χ3v) is 7.98. The summed E-state index contributed by atoms with van der Waals surface area (Å²) in [6.07, 6.45) is 3.66. The summed E-state index contributed by atoms with van der Waals surface area (Å²) in [6.45, 7) is 0. The molecule has 0 saturated carbocycles. The topological polar surface area (TPSA) is 26.3 Å². The normalized spacial score (nSPS) is 11.4. The van der Waals surface area contributed by atoms with Gasteiger partial charge in [-0.1, -0.05) is 107 Å². The summed E-state index contributed by atoms with van der Waals surface area (Å²) in [6, 6.07) is 33.4.